The number of fused-ring (bicyclic) bond motifs is 3. The first-order valence-electron chi connectivity index (χ1n) is 8.16. The van der Waals surface area contributed by atoms with Gasteiger partial charge in [0.2, 0.25) is 5.91 Å². The fraction of sp³-hybridized carbons (Fsp3) is 0.421. The van der Waals surface area contributed by atoms with Crippen molar-refractivity contribution in [3.63, 3.8) is 0 Å². The lowest BCUT2D eigenvalue weighted by molar-refractivity contribution is -0.119. The van der Waals surface area contributed by atoms with Crippen LogP contribution in [0.5, 0.6) is 5.75 Å². The minimum Gasteiger partial charge on any atom is -0.493 e. The van der Waals surface area contributed by atoms with Crippen LogP contribution in [0.4, 0.5) is 0 Å². The molecule has 0 spiro atoms. The van der Waals surface area contributed by atoms with Gasteiger partial charge in [0.05, 0.1) is 6.61 Å². The molecule has 1 N–H and O–H groups in total. The molecule has 1 heterocycles. The molecule has 1 aliphatic heterocycles. The van der Waals surface area contributed by atoms with Crippen LogP contribution in [0, 0.1) is 5.92 Å². The summed E-state index contributed by atoms with van der Waals surface area (Å²) in [6, 6.07) is 10.9. The molecule has 22 heavy (non-hydrogen) atoms. The molecule has 1 aliphatic carbocycles. The molecule has 1 fully saturated rings. The number of ether oxygens (including phenoxy) is 1. The Morgan fingerprint density at radius 2 is 2.23 bits per heavy atom. The first kappa shape index (κ1) is 13.6. The number of aryl methyl sites for hydroxylation is 1. The highest BCUT2D eigenvalue weighted by molar-refractivity contribution is 5.91. The second-order valence-corrected chi connectivity index (χ2v) is 6.48. The van der Waals surface area contributed by atoms with E-state index in [-0.39, 0.29) is 5.91 Å². The summed E-state index contributed by atoms with van der Waals surface area (Å²) >= 11 is 0. The van der Waals surface area contributed by atoms with Gasteiger partial charge in [-0.1, -0.05) is 24.3 Å². The molecule has 2 aromatic carbocycles. The van der Waals surface area contributed by atoms with E-state index in [0.29, 0.717) is 11.8 Å². The lowest BCUT2D eigenvalue weighted by Gasteiger charge is -2.21. The zero-order valence-electron chi connectivity index (χ0n) is 12.9. The molecule has 0 aromatic heterocycles. The summed E-state index contributed by atoms with van der Waals surface area (Å²) in [6.07, 6.45) is 3.37. The lowest BCUT2D eigenvalue weighted by Crippen LogP contribution is -2.22. The molecule has 4 rings (SSSR count). The highest BCUT2D eigenvalue weighted by Gasteiger charge is 2.39. The van der Waals surface area contributed by atoms with E-state index < -0.39 is 0 Å². The third kappa shape index (κ3) is 2.35. The van der Waals surface area contributed by atoms with E-state index in [1.807, 2.05) is 0 Å². The van der Waals surface area contributed by atoms with Crippen molar-refractivity contribution in [2.24, 2.45) is 5.92 Å². The quantitative estimate of drug-likeness (QED) is 0.942. The molecular formula is C19H21NO2. The van der Waals surface area contributed by atoms with Gasteiger partial charge in [-0.2, -0.15) is 0 Å². The van der Waals surface area contributed by atoms with Crippen molar-refractivity contribution >= 4 is 16.7 Å². The highest BCUT2D eigenvalue weighted by Crippen LogP contribution is 2.50. The van der Waals surface area contributed by atoms with E-state index >= 15 is 0 Å². The monoisotopic (exact) mass is 295 g/mol. The van der Waals surface area contributed by atoms with Gasteiger partial charge in [0.25, 0.3) is 0 Å². The Labute approximate surface area is 130 Å². The van der Waals surface area contributed by atoms with Gasteiger partial charge in [-0.05, 0) is 53.5 Å². The molecule has 0 radical (unpaired) electrons. The molecule has 2 aromatic rings. The van der Waals surface area contributed by atoms with Crippen LogP contribution in [0.15, 0.2) is 30.3 Å². The number of hydrogen-bond donors (Lipinski definition) is 1. The summed E-state index contributed by atoms with van der Waals surface area (Å²) < 4.78 is 5.84. The maximum atomic E-state index is 11.1. The third-order valence-corrected chi connectivity index (χ3v) is 4.91. The van der Waals surface area contributed by atoms with Crippen molar-refractivity contribution in [2.45, 2.75) is 32.1 Å². The molecule has 2 aliphatic rings. The molecule has 2 atom stereocenters. The largest absolute Gasteiger partial charge is 0.493 e. The first-order valence-corrected chi connectivity index (χ1v) is 8.16. The van der Waals surface area contributed by atoms with Gasteiger partial charge >= 0.3 is 0 Å². The van der Waals surface area contributed by atoms with Crippen LogP contribution in [0.2, 0.25) is 0 Å². The number of rotatable bonds is 3. The van der Waals surface area contributed by atoms with Crippen molar-refractivity contribution in [2.75, 3.05) is 13.2 Å². The number of nitrogens with one attached hydrogen (secondary N) is 1. The van der Waals surface area contributed by atoms with Gasteiger partial charge in [0.1, 0.15) is 5.75 Å². The maximum absolute atomic E-state index is 11.1. The van der Waals surface area contributed by atoms with Crippen molar-refractivity contribution in [3.8, 4) is 5.75 Å². The Morgan fingerprint density at radius 3 is 3.09 bits per heavy atom. The third-order valence-electron chi connectivity index (χ3n) is 4.91. The maximum Gasteiger partial charge on any atom is 0.216 e. The number of hydrogen-bond acceptors (Lipinski definition) is 2. The molecule has 1 amide bonds. The molecule has 3 nitrogen and oxygen atoms in total. The minimum absolute atomic E-state index is 0.0642. The summed E-state index contributed by atoms with van der Waals surface area (Å²) in [5.74, 6) is 2.28. The van der Waals surface area contributed by atoms with E-state index in [0.717, 1.165) is 31.7 Å². The number of carbonyl (C=O) groups is 1. The van der Waals surface area contributed by atoms with Crippen LogP contribution >= 0.6 is 0 Å². The van der Waals surface area contributed by atoms with Gasteiger partial charge in [-0.25, -0.2) is 0 Å². The van der Waals surface area contributed by atoms with E-state index in [2.05, 4.69) is 35.6 Å². The lowest BCUT2D eigenvalue weighted by atomic mass is 9.92. The van der Waals surface area contributed by atoms with Gasteiger partial charge in [-0.15, -0.1) is 0 Å². The Kier molecular flexibility index (Phi) is 3.29. The van der Waals surface area contributed by atoms with Crippen molar-refractivity contribution < 1.29 is 9.53 Å². The van der Waals surface area contributed by atoms with E-state index in [4.69, 9.17) is 4.74 Å². The van der Waals surface area contributed by atoms with Crippen molar-refractivity contribution in [3.05, 3.63) is 41.5 Å². The Hall–Kier alpha value is -2.03. The summed E-state index contributed by atoms with van der Waals surface area (Å²) in [4.78, 5) is 11.1. The van der Waals surface area contributed by atoms with E-state index in [1.165, 1.54) is 28.3 Å². The van der Waals surface area contributed by atoms with Gasteiger partial charge in [-0.3, -0.25) is 4.79 Å². The van der Waals surface area contributed by atoms with E-state index in [1.54, 1.807) is 6.92 Å². The molecule has 3 heteroatoms. The highest BCUT2D eigenvalue weighted by atomic mass is 16.5. The van der Waals surface area contributed by atoms with Crippen molar-refractivity contribution in [1.29, 1.82) is 0 Å². The zero-order chi connectivity index (χ0) is 15.1. The van der Waals surface area contributed by atoms with E-state index in [9.17, 15) is 4.79 Å². The Morgan fingerprint density at radius 1 is 1.32 bits per heavy atom. The van der Waals surface area contributed by atoms with Crippen LogP contribution < -0.4 is 10.1 Å². The van der Waals surface area contributed by atoms with Crippen molar-refractivity contribution in [1.82, 2.24) is 5.32 Å². The van der Waals surface area contributed by atoms with Gasteiger partial charge in [0, 0.05) is 19.0 Å². The first-order chi connectivity index (χ1) is 10.7. The zero-order valence-corrected chi connectivity index (χ0v) is 12.9. The second-order valence-electron chi connectivity index (χ2n) is 6.48. The average molecular weight is 295 g/mol. The second kappa shape index (κ2) is 5.31. The number of amides is 1. The SMILES string of the molecule is CC(=O)NC[C@@H]1C[C@H]1c1cccc2ccc3c(c12)CCCO3. The summed E-state index contributed by atoms with van der Waals surface area (Å²) in [5.41, 5.74) is 2.82. The summed E-state index contributed by atoms with van der Waals surface area (Å²) in [5, 5.41) is 5.66. The normalized spacial score (nSPS) is 22.8. The fourth-order valence-corrected chi connectivity index (χ4v) is 3.72. The predicted octanol–water partition coefficient (Wildman–Crippen LogP) is 3.40. The van der Waals surface area contributed by atoms with Crippen LogP contribution in [0.25, 0.3) is 10.8 Å². The topological polar surface area (TPSA) is 38.3 Å². The standard InChI is InChI=1S/C19H21NO2/c1-12(21)20-11-14-10-17(14)15-5-2-4-13-7-8-18-16(19(13)15)6-3-9-22-18/h2,4-5,7-8,14,17H,3,6,9-11H2,1H3,(H,20,21)/t14-,17+/m0/s1. The van der Waals surface area contributed by atoms with Crippen LogP contribution in [-0.2, 0) is 11.2 Å². The average Bonchev–Trinajstić information content (AvgIpc) is 3.31. The Bertz CT molecular complexity index is 738. The summed E-state index contributed by atoms with van der Waals surface area (Å²) in [6.45, 7) is 3.21. The molecular weight excluding hydrogens is 274 g/mol. The molecule has 0 saturated heterocycles. The molecule has 114 valence electrons. The predicted molar refractivity (Wildman–Crippen MR) is 87.3 cm³/mol. The molecule has 0 bridgehead atoms. The number of benzene rings is 2. The number of carbonyl (C=O) groups excluding carboxylic acids is 1. The van der Waals surface area contributed by atoms with Crippen LogP contribution in [-0.4, -0.2) is 19.1 Å². The van der Waals surface area contributed by atoms with Gasteiger partial charge < -0.3 is 10.1 Å². The smallest absolute Gasteiger partial charge is 0.216 e. The van der Waals surface area contributed by atoms with Crippen LogP contribution in [0.1, 0.15) is 36.8 Å². The molecule has 1 saturated carbocycles. The fourth-order valence-electron chi connectivity index (χ4n) is 3.72. The van der Waals surface area contributed by atoms with Gasteiger partial charge in [0.15, 0.2) is 0 Å². The van der Waals surface area contributed by atoms with Crippen LogP contribution in [0.3, 0.4) is 0 Å². The Balaban J connectivity index is 1.71. The minimum atomic E-state index is 0.0642. The summed E-state index contributed by atoms with van der Waals surface area (Å²) in [7, 11) is 0. The molecule has 0 unspecified atom stereocenters.